The summed E-state index contributed by atoms with van der Waals surface area (Å²) >= 11 is 12.1. The Morgan fingerprint density at radius 1 is 1.06 bits per heavy atom. The maximum absolute atomic E-state index is 13.4. The van der Waals surface area contributed by atoms with Crippen molar-refractivity contribution in [3.8, 4) is 0 Å². The van der Waals surface area contributed by atoms with Gasteiger partial charge < -0.3 is 11.1 Å². The Balaban J connectivity index is 1.35. The summed E-state index contributed by atoms with van der Waals surface area (Å²) < 4.78 is 28.8. The van der Waals surface area contributed by atoms with E-state index in [2.05, 4.69) is 10.0 Å². The molecule has 7 nitrogen and oxygen atoms in total. The van der Waals surface area contributed by atoms with E-state index in [0.717, 1.165) is 25.7 Å². The maximum atomic E-state index is 13.4. The van der Waals surface area contributed by atoms with Gasteiger partial charge in [-0.1, -0.05) is 29.3 Å². The van der Waals surface area contributed by atoms with Crippen LogP contribution in [-0.4, -0.2) is 31.8 Å². The van der Waals surface area contributed by atoms with E-state index >= 15 is 0 Å². The molecule has 0 spiro atoms. The van der Waals surface area contributed by atoms with Crippen LogP contribution in [0.1, 0.15) is 51.4 Å². The highest BCUT2D eigenvalue weighted by molar-refractivity contribution is 7.89. The first kappa shape index (κ1) is 22.4. The molecule has 0 aromatic heterocycles. The van der Waals surface area contributed by atoms with Crippen LogP contribution in [0.2, 0.25) is 10.0 Å². The van der Waals surface area contributed by atoms with Crippen LogP contribution in [0.25, 0.3) is 0 Å². The van der Waals surface area contributed by atoms with Gasteiger partial charge in [-0.2, -0.15) is 4.72 Å². The number of hydrogen-bond donors (Lipinski definition) is 3. The number of halogens is 2. The number of benzene rings is 1. The van der Waals surface area contributed by atoms with E-state index in [1.807, 2.05) is 0 Å². The highest BCUT2D eigenvalue weighted by atomic mass is 35.5. The zero-order chi connectivity index (χ0) is 22.9. The fourth-order valence-corrected chi connectivity index (χ4v) is 8.95. The third-order valence-electron chi connectivity index (χ3n) is 8.27. The van der Waals surface area contributed by atoms with Crippen LogP contribution in [0.15, 0.2) is 23.1 Å². The Labute approximate surface area is 197 Å². The van der Waals surface area contributed by atoms with Crippen molar-refractivity contribution in [2.45, 2.75) is 67.8 Å². The number of sulfonamides is 1. The summed E-state index contributed by atoms with van der Waals surface area (Å²) in [4.78, 5) is 25.5. The lowest BCUT2D eigenvalue weighted by Gasteiger charge is -2.59. The van der Waals surface area contributed by atoms with Gasteiger partial charge in [-0.25, -0.2) is 8.42 Å². The smallest absolute Gasteiger partial charge is 0.243 e. The van der Waals surface area contributed by atoms with E-state index in [-0.39, 0.29) is 44.6 Å². The van der Waals surface area contributed by atoms with Crippen molar-refractivity contribution >= 4 is 45.0 Å². The second-order valence-corrected chi connectivity index (χ2v) is 12.6. The Morgan fingerprint density at radius 2 is 1.72 bits per heavy atom. The number of amides is 2. The highest BCUT2D eigenvalue weighted by Crippen LogP contribution is 2.60. The van der Waals surface area contributed by atoms with E-state index in [4.69, 9.17) is 28.9 Å². The van der Waals surface area contributed by atoms with Crippen LogP contribution < -0.4 is 15.8 Å². The van der Waals surface area contributed by atoms with Crippen molar-refractivity contribution in [2.24, 2.45) is 28.9 Å². The van der Waals surface area contributed by atoms with Gasteiger partial charge in [0, 0.05) is 11.5 Å². The van der Waals surface area contributed by atoms with Crippen LogP contribution in [0, 0.1) is 23.2 Å². The Kier molecular flexibility index (Phi) is 5.32. The lowest BCUT2D eigenvalue weighted by molar-refractivity contribution is -0.149. The van der Waals surface area contributed by atoms with Crippen LogP contribution in [0.5, 0.6) is 0 Å². The van der Waals surface area contributed by atoms with Crippen molar-refractivity contribution < 1.29 is 18.0 Å². The van der Waals surface area contributed by atoms with Gasteiger partial charge in [0.05, 0.1) is 10.0 Å². The van der Waals surface area contributed by atoms with Gasteiger partial charge in [0.25, 0.3) is 0 Å². The van der Waals surface area contributed by atoms with Gasteiger partial charge in [-0.15, -0.1) is 0 Å². The first-order valence-corrected chi connectivity index (χ1v) is 13.4. The van der Waals surface area contributed by atoms with Crippen molar-refractivity contribution in [2.75, 3.05) is 0 Å². The van der Waals surface area contributed by atoms with E-state index in [9.17, 15) is 18.0 Å². The van der Waals surface area contributed by atoms with Gasteiger partial charge in [0.15, 0.2) is 0 Å². The molecular formula is C22H27Cl2N3O4S. The monoisotopic (exact) mass is 499 g/mol. The van der Waals surface area contributed by atoms with Crippen LogP contribution >= 0.6 is 23.2 Å². The number of nitrogens with two attached hydrogens (primary N) is 1. The predicted octanol–water partition coefficient (Wildman–Crippen LogP) is 2.99. The average molecular weight is 500 g/mol. The molecule has 5 saturated carbocycles. The van der Waals surface area contributed by atoms with Crippen LogP contribution in [0.4, 0.5) is 0 Å². The molecule has 2 atom stereocenters. The fourth-order valence-electron chi connectivity index (χ4n) is 6.76. The molecule has 1 aromatic rings. The Bertz CT molecular complexity index is 1070. The summed E-state index contributed by atoms with van der Waals surface area (Å²) in [6.45, 7) is 0. The first-order valence-electron chi connectivity index (χ1n) is 11.1. The number of carbonyl (C=O) groups excluding carboxylic acids is 2. The summed E-state index contributed by atoms with van der Waals surface area (Å²) in [6, 6.07) is 4.35. The van der Waals surface area contributed by atoms with Crippen molar-refractivity contribution in [1.29, 1.82) is 0 Å². The van der Waals surface area contributed by atoms with Gasteiger partial charge in [0.1, 0.15) is 10.4 Å². The number of primary amides is 1. The van der Waals surface area contributed by atoms with Crippen LogP contribution in [0.3, 0.4) is 0 Å². The van der Waals surface area contributed by atoms with Crippen molar-refractivity contribution in [3.05, 3.63) is 28.2 Å². The van der Waals surface area contributed by atoms with E-state index in [0.29, 0.717) is 31.6 Å². The molecule has 4 N–H and O–H groups in total. The molecule has 0 aliphatic heterocycles. The van der Waals surface area contributed by atoms with Crippen molar-refractivity contribution in [1.82, 2.24) is 10.0 Å². The topological polar surface area (TPSA) is 118 Å². The zero-order valence-electron chi connectivity index (χ0n) is 17.6. The molecule has 174 valence electrons. The molecular weight excluding hydrogens is 473 g/mol. The third-order valence-corrected chi connectivity index (χ3v) is 10.8. The summed E-state index contributed by atoms with van der Waals surface area (Å²) in [5.41, 5.74) is 4.13. The summed E-state index contributed by atoms with van der Waals surface area (Å²) in [6.07, 6.45) is 5.83. The molecule has 0 heterocycles. The lowest BCUT2D eigenvalue weighted by Crippen LogP contribution is -2.68. The summed E-state index contributed by atoms with van der Waals surface area (Å²) in [7, 11) is -4.05. The number of nitrogens with one attached hydrogen (secondary N) is 2. The zero-order valence-corrected chi connectivity index (χ0v) is 19.9. The normalized spacial score (nSPS) is 34.7. The molecule has 2 amide bonds. The molecule has 2 unspecified atom stereocenters. The minimum atomic E-state index is -4.05. The molecule has 0 radical (unpaired) electrons. The molecule has 5 fully saturated rings. The largest absolute Gasteiger partial charge is 0.369 e. The van der Waals surface area contributed by atoms with Crippen molar-refractivity contribution in [3.63, 3.8) is 0 Å². The highest BCUT2D eigenvalue weighted by Gasteiger charge is 2.59. The second kappa shape index (κ2) is 7.58. The molecule has 6 rings (SSSR count). The SMILES string of the molecule is NC(=O)C12CC3CC(C1)C(NC(=O)C1(NS(=O)(=O)c4cccc(Cl)c4Cl)CCC1)C(C3)C2. The summed E-state index contributed by atoms with van der Waals surface area (Å²) in [5, 5.41) is 3.26. The van der Waals surface area contributed by atoms with Gasteiger partial charge in [-0.05, 0) is 81.3 Å². The Morgan fingerprint density at radius 3 is 2.28 bits per heavy atom. The second-order valence-electron chi connectivity index (χ2n) is 10.2. The van der Waals surface area contributed by atoms with E-state index < -0.39 is 21.0 Å². The molecule has 5 aliphatic rings. The Hall–Kier alpha value is -1.35. The van der Waals surface area contributed by atoms with Gasteiger partial charge >= 0.3 is 0 Å². The molecule has 4 bridgehead atoms. The predicted molar refractivity (Wildman–Crippen MR) is 120 cm³/mol. The molecule has 0 saturated heterocycles. The molecule has 10 heteroatoms. The quantitative estimate of drug-likeness (QED) is 0.557. The van der Waals surface area contributed by atoms with Gasteiger partial charge in [0.2, 0.25) is 21.8 Å². The first-order chi connectivity index (χ1) is 15.1. The number of rotatable bonds is 6. The molecule has 1 aromatic carbocycles. The minimum Gasteiger partial charge on any atom is -0.369 e. The van der Waals surface area contributed by atoms with Crippen LogP contribution in [-0.2, 0) is 19.6 Å². The molecule has 32 heavy (non-hydrogen) atoms. The van der Waals surface area contributed by atoms with E-state index in [1.54, 1.807) is 0 Å². The maximum Gasteiger partial charge on any atom is 0.243 e. The van der Waals surface area contributed by atoms with E-state index in [1.165, 1.54) is 18.2 Å². The minimum absolute atomic E-state index is 0.0525. The average Bonchev–Trinajstić information content (AvgIpc) is 2.68. The number of hydrogen-bond acceptors (Lipinski definition) is 4. The standard InChI is InChI=1S/C22H27Cl2N3O4S/c23-15-3-1-4-16(17(15)24)32(30,31)27-22(5-2-6-22)20(29)26-18-13-7-12-8-14(18)11-21(9-12,10-13)19(25)28/h1,3-4,12-14,18,27H,2,5-11H2,(H2,25,28)(H,26,29). The summed E-state index contributed by atoms with van der Waals surface area (Å²) in [5.74, 6) is 0.372. The number of carbonyl (C=O) groups is 2. The van der Waals surface area contributed by atoms with Gasteiger partial charge in [-0.3, -0.25) is 9.59 Å². The fraction of sp³-hybridized carbons (Fsp3) is 0.636. The molecule has 5 aliphatic carbocycles. The lowest BCUT2D eigenvalue weighted by atomic mass is 9.47. The third kappa shape index (κ3) is 3.45.